The van der Waals surface area contributed by atoms with E-state index in [-0.39, 0.29) is 24.2 Å². The quantitative estimate of drug-likeness (QED) is 0.418. The SMILES string of the molecule is CC[C@@H](C(=O)NC1CCCC1)N(Cc1ccc(Cl)cc1Cl)C(=O)CN(c1cccc(Cl)c1)S(C)(=O)=O. The molecule has 1 aliphatic rings. The highest BCUT2D eigenvalue weighted by molar-refractivity contribution is 7.92. The van der Waals surface area contributed by atoms with Crippen LogP contribution in [0.2, 0.25) is 15.1 Å². The van der Waals surface area contributed by atoms with Crippen LogP contribution in [0, 0.1) is 0 Å². The Labute approximate surface area is 227 Å². The molecule has 0 aliphatic heterocycles. The van der Waals surface area contributed by atoms with Gasteiger partial charge in [0.2, 0.25) is 21.8 Å². The highest BCUT2D eigenvalue weighted by Crippen LogP contribution is 2.26. The van der Waals surface area contributed by atoms with E-state index in [2.05, 4.69) is 5.32 Å². The van der Waals surface area contributed by atoms with Crippen LogP contribution in [0.25, 0.3) is 0 Å². The van der Waals surface area contributed by atoms with Crippen LogP contribution < -0.4 is 9.62 Å². The van der Waals surface area contributed by atoms with Gasteiger partial charge in [-0.3, -0.25) is 13.9 Å². The molecule has 0 unspecified atom stereocenters. The number of carbonyl (C=O) groups is 2. The summed E-state index contributed by atoms with van der Waals surface area (Å²) < 4.78 is 26.3. The summed E-state index contributed by atoms with van der Waals surface area (Å²) in [5.41, 5.74) is 0.849. The average molecular weight is 575 g/mol. The lowest BCUT2D eigenvalue weighted by molar-refractivity contribution is -0.140. The van der Waals surface area contributed by atoms with Crippen LogP contribution in [0.5, 0.6) is 0 Å². The Morgan fingerprint density at radius 1 is 1.06 bits per heavy atom. The van der Waals surface area contributed by atoms with E-state index < -0.39 is 28.5 Å². The van der Waals surface area contributed by atoms with Gasteiger partial charge in [0.15, 0.2) is 0 Å². The first-order chi connectivity index (χ1) is 17.0. The molecular formula is C25H30Cl3N3O4S. The van der Waals surface area contributed by atoms with Gasteiger partial charge in [-0.2, -0.15) is 0 Å². The smallest absolute Gasteiger partial charge is 0.244 e. The predicted octanol–water partition coefficient (Wildman–Crippen LogP) is 5.28. The Hall–Kier alpha value is -2.00. The highest BCUT2D eigenvalue weighted by atomic mass is 35.5. The van der Waals surface area contributed by atoms with E-state index in [1.165, 1.54) is 11.0 Å². The van der Waals surface area contributed by atoms with Crippen molar-refractivity contribution in [2.45, 2.75) is 57.7 Å². The summed E-state index contributed by atoms with van der Waals surface area (Å²) in [6.07, 6.45) is 5.25. The molecule has 2 aromatic rings. The third-order valence-electron chi connectivity index (χ3n) is 6.22. The third-order valence-corrected chi connectivity index (χ3v) is 8.18. The largest absolute Gasteiger partial charge is 0.352 e. The molecule has 1 fully saturated rings. The number of nitrogens with zero attached hydrogens (tertiary/aromatic N) is 2. The van der Waals surface area contributed by atoms with E-state index in [4.69, 9.17) is 34.8 Å². The molecule has 0 spiro atoms. The van der Waals surface area contributed by atoms with Crippen molar-refractivity contribution in [3.63, 3.8) is 0 Å². The van der Waals surface area contributed by atoms with Crippen molar-refractivity contribution in [2.75, 3.05) is 17.1 Å². The number of anilines is 1. The molecule has 0 bridgehead atoms. The molecule has 11 heteroatoms. The van der Waals surface area contributed by atoms with Crippen LogP contribution in [0.15, 0.2) is 42.5 Å². The summed E-state index contributed by atoms with van der Waals surface area (Å²) in [5, 5.41) is 4.19. The molecule has 36 heavy (non-hydrogen) atoms. The standard InChI is InChI=1S/C25H30Cl3N3O4S/c1-3-23(25(33)29-20-8-4-5-9-20)30(15-17-11-12-19(27)14-22(17)28)24(32)16-31(36(2,34)35)21-10-6-7-18(26)13-21/h6-7,10-14,20,23H,3-5,8-9,15-16H2,1-2H3,(H,29,33)/t23-/m0/s1. The summed E-state index contributed by atoms with van der Waals surface area (Å²) in [7, 11) is -3.84. The van der Waals surface area contributed by atoms with Crippen molar-refractivity contribution in [2.24, 2.45) is 0 Å². The Kier molecular flexibility index (Phi) is 9.92. The molecule has 3 rings (SSSR count). The summed E-state index contributed by atoms with van der Waals surface area (Å²) in [5.74, 6) is -0.809. The molecule has 1 atom stereocenters. The fraction of sp³-hybridized carbons (Fsp3) is 0.440. The maximum atomic E-state index is 13.7. The van der Waals surface area contributed by atoms with E-state index in [1.54, 1.807) is 36.4 Å². The van der Waals surface area contributed by atoms with E-state index in [0.29, 0.717) is 27.1 Å². The van der Waals surface area contributed by atoms with Gasteiger partial charge in [0.05, 0.1) is 11.9 Å². The molecule has 1 N–H and O–H groups in total. The van der Waals surface area contributed by atoms with Gasteiger partial charge in [-0.15, -0.1) is 0 Å². The van der Waals surface area contributed by atoms with E-state index >= 15 is 0 Å². The zero-order valence-electron chi connectivity index (χ0n) is 20.2. The highest BCUT2D eigenvalue weighted by Gasteiger charge is 2.33. The summed E-state index contributed by atoms with van der Waals surface area (Å²) in [6.45, 7) is 1.32. The minimum absolute atomic E-state index is 0.0125. The maximum Gasteiger partial charge on any atom is 0.244 e. The normalized spacial score (nSPS) is 14.9. The Balaban J connectivity index is 1.95. The number of nitrogens with one attached hydrogen (secondary N) is 1. The lowest BCUT2D eigenvalue weighted by Gasteiger charge is -2.33. The van der Waals surface area contributed by atoms with Crippen molar-refractivity contribution in [3.8, 4) is 0 Å². The van der Waals surface area contributed by atoms with Crippen molar-refractivity contribution in [1.82, 2.24) is 10.2 Å². The van der Waals surface area contributed by atoms with Gasteiger partial charge in [-0.25, -0.2) is 8.42 Å². The van der Waals surface area contributed by atoms with E-state index in [1.807, 2.05) is 6.92 Å². The van der Waals surface area contributed by atoms with Crippen molar-refractivity contribution < 1.29 is 18.0 Å². The van der Waals surface area contributed by atoms with E-state index in [9.17, 15) is 18.0 Å². The Morgan fingerprint density at radius 3 is 2.31 bits per heavy atom. The number of hydrogen-bond donors (Lipinski definition) is 1. The minimum atomic E-state index is -3.84. The van der Waals surface area contributed by atoms with Crippen LogP contribution in [0.1, 0.15) is 44.6 Å². The number of amides is 2. The average Bonchev–Trinajstić information content (AvgIpc) is 3.30. The van der Waals surface area contributed by atoms with Gasteiger partial charge in [0.1, 0.15) is 12.6 Å². The summed E-state index contributed by atoms with van der Waals surface area (Å²) in [6, 6.07) is 10.4. The van der Waals surface area contributed by atoms with Crippen LogP contribution in [0.3, 0.4) is 0 Å². The Morgan fingerprint density at radius 2 is 1.72 bits per heavy atom. The zero-order valence-corrected chi connectivity index (χ0v) is 23.3. The second-order valence-corrected chi connectivity index (χ2v) is 12.1. The fourth-order valence-electron chi connectivity index (χ4n) is 4.37. The molecule has 1 saturated carbocycles. The van der Waals surface area contributed by atoms with Crippen LogP contribution in [-0.2, 0) is 26.2 Å². The topological polar surface area (TPSA) is 86.8 Å². The van der Waals surface area contributed by atoms with Gasteiger partial charge < -0.3 is 10.2 Å². The monoisotopic (exact) mass is 573 g/mol. The lowest BCUT2D eigenvalue weighted by Crippen LogP contribution is -2.53. The van der Waals surface area contributed by atoms with Gasteiger partial charge in [-0.05, 0) is 55.2 Å². The first-order valence-corrected chi connectivity index (χ1v) is 14.7. The first kappa shape index (κ1) is 28.6. The minimum Gasteiger partial charge on any atom is -0.352 e. The molecule has 1 aliphatic carbocycles. The number of sulfonamides is 1. The number of rotatable bonds is 10. The number of hydrogen-bond acceptors (Lipinski definition) is 4. The summed E-state index contributed by atoms with van der Waals surface area (Å²) >= 11 is 18.5. The molecule has 2 aromatic carbocycles. The van der Waals surface area contributed by atoms with E-state index in [0.717, 1.165) is 36.2 Å². The molecule has 0 aromatic heterocycles. The molecule has 2 amide bonds. The zero-order chi connectivity index (χ0) is 26.5. The van der Waals surface area contributed by atoms with Crippen LogP contribution in [0.4, 0.5) is 5.69 Å². The Bertz CT molecular complexity index is 1200. The van der Waals surface area contributed by atoms with Gasteiger partial charge in [-0.1, -0.05) is 66.7 Å². The molecule has 0 heterocycles. The second-order valence-electron chi connectivity index (χ2n) is 8.92. The molecule has 196 valence electrons. The number of benzene rings is 2. The molecule has 7 nitrogen and oxygen atoms in total. The van der Waals surface area contributed by atoms with Crippen LogP contribution >= 0.6 is 34.8 Å². The number of carbonyl (C=O) groups excluding carboxylic acids is 2. The van der Waals surface area contributed by atoms with Crippen LogP contribution in [-0.4, -0.2) is 50.0 Å². The lowest BCUT2D eigenvalue weighted by atomic mass is 10.1. The predicted molar refractivity (Wildman–Crippen MR) is 145 cm³/mol. The molecule has 0 saturated heterocycles. The van der Waals surface area contributed by atoms with Crippen molar-refractivity contribution in [3.05, 3.63) is 63.1 Å². The van der Waals surface area contributed by atoms with Crippen molar-refractivity contribution in [1.29, 1.82) is 0 Å². The van der Waals surface area contributed by atoms with Gasteiger partial charge >= 0.3 is 0 Å². The van der Waals surface area contributed by atoms with Crippen molar-refractivity contribution >= 4 is 62.3 Å². The molecular weight excluding hydrogens is 545 g/mol. The summed E-state index contributed by atoms with van der Waals surface area (Å²) in [4.78, 5) is 28.4. The first-order valence-electron chi connectivity index (χ1n) is 11.8. The fourth-order valence-corrected chi connectivity index (χ4v) is 5.86. The molecule has 0 radical (unpaired) electrons. The second kappa shape index (κ2) is 12.5. The van der Waals surface area contributed by atoms with Gasteiger partial charge in [0, 0.05) is 27.7 Å². The number of halogens is 3. The maximum absolute atomic E-state index is 13.7. The third kappa shape index (κ3) is 7.51. The van der Waals surface area contributed by atoms with Gasteiger partial charge in [0.25, 0.3) is 0 Å².